The summed E-state index contributed by atoms with van der Waals surface area (Å²) in [7, 11) is 0. The van der Waals surface area contributed by atoms with Crippen molar-refractivity contribution in [3.8, 4) is 0 Å². The molecule has 1 aliphatic rings. The van der Waals surface area contributed by atoms with Crippen molar-refractivity contribution in [3.63, 3.8) is 0 Å². The maximum atomic E-state index is 12.4. The van der Waals surface area contributed by atoms with Crippen molar-refractivity contribution in [3.05, 3.63) is 54.1 Å². The molecular formula is C18H23N3O3. The Hall–Kier alpha value is -2.18. The molecule has 0 N–H and O–H groups in total. The Kier molecular flexibility index (Phi) is 5.61. The number of fused-ring (bicyclic) bond motifs is 1. The molecule has 1 aliphatic heterocycles. The third-order valence-corrected chi connectivity index (χ3v) is 4.12. The molecule has 3 heterocycles. The molecule has 0 saturated carbocycles. The summed E-state index contributed by atoms with van der Waals surface area (Å²) in [5, 5.41) is 0. The normalized spacial score (nSPS) is 17.4. The highest BCUT2D eigenvalue weighted by atomic mass is 16.5. The number of carbonyl (C=O) groups is 1. The molecule has 1 atom stereocenters. The number of hydrogen-bond acceptors (Lipinski definition) is 4. The summed E-state index contributed by atoms with van der Waals surface area (Å²) in [5.41, 5.74) is 2.20. The van der Waals surface area contributed by atoms with Gasteiger partial charge in [-0.15, -0.1) is 0 Å². The van der Waals surface area contributed by atoms with Crippen LogP contribution >= 0.6 is 0 Å². The van der Waals surface area contributed by atoms with Gasteiger partial charge >= 0.3 is 0 Å². The Bertz CT molecular complexity index is 657. The Morgan fingerprint density at radius 2 is 2.12 bits per heavy atom. The van der Waals surface area contributed by atoms with E-state index in [0.29, 0.717) is 26.3 Å². The lowest BCUT2D eigenvalue weighted by Crippen LogP contribution is -2.39. The van der Waals surface area contributed by atoms with Gasteiger partial charge in [0.1, 0.15) is 6.61 Å². The molecule has 0 radical (unpaired) electrons. The van der Waals surface area contributed by atoms with Gasteiger partial charge in [0, 0.05) is 37.4 Å². The molecule has 0 spiro atoms. The van der Waals surface area contributed by atoms with Crippen molar-refractivity contribution in [1.29, 1.82) is 0 Å². The first-order chi connectivity index (χ1) is 11.8. The van der Waals surface area contributed by atoms with Gasteiger partial charge < -0.3 is 18.9 Å². The fourth-order valence-electron chi connectivity index (χ4n) is 2.82. The van der Waals surface area contributed by atoms with Crippen LogP contribution < -0.4 is 0 Å². The number of hydrogen-bond donors (Lipinski definition) is 0. The molecule has 1 amide bonds. The molecule has 0 bridgehead atoms. The van der Waals surface area contributed by atoms with Gasteiger partial charge in [-0.3, -0.25) is 9.78 Å². The van der Waals surface area contributed by atoms with Gasteiger partial charge in [0.25, 0.3) is 0 Å². The van der Waals surface area contributed by atoms with Crippen LogP contribution in [-0.2, 0) is 34.0 Å². The van der Waals surface area contributed by atoms with E-state index in [2.05, 4.69) is 9.55 Å². The molecule has 24 heavy (non-hydrogen) atoms. The van der Waals surface area contributed by atoms with Crippen LogP contribution in [0.25, 0.3) is 0 Å². The van der Waals surface area contributed by atoms with Crippen LogP contribution in [0.2, 0.25) is 0 Å². The Morgan fingerprint density at radius 1 is 1.29 bits per heavy atom. The molecule has 1 unspecified atom stereocenters. The van der Waals surface area contributed by atoms with Gasteiger partial charge in [-0.05, 0) is 36.8 Å². The third-order valence-electron chi connectivity index (χ3n) is 4.12. The molecule has 6 heteroatoms. The number of nitrogens with zero attached hydrogens (tertiary/aromatic N) is 3. The lowest BCUT2D eigenvalue weighted by molar-refractivity contribution is -0.138. The molecular weight excluding hydrogens is 306 g/mol. The van der Waals surface area contributed by atoms with Crippen molar-refractivity contribution in [2.75, 3.05) is 19.8 Å². The fourth-order valence-corrected chi connectivity index (χ4v) is 2.82. The van der Waals surface area contributed by atoms with Gasteiger partial charge in [0.15, 0.2) is 0 Å². The Labute approximate surface area is 142 Å². The quantitative estimate of drug-likeness (QED) is 0.811. The van der Waals surface area contributed by atoms with Gasteiger partial charge in [0.05, 0.1) is 25.8 Å². The highest BCUT2D eigenvalue weighted by molar-refractivity contribution is 5.77. The smallest absolute Gasteiger partial charge is 0.249 e. The molecule has 2 aromatic rings. The second-order valence-corrected chi connectivity index (χ2v) is 5.85. The zero-order valence-electron chi connectivity index (χ0n) is 13.9. The van der Waals surface area contributed by atoms with E-state index >= 15 is 0 Å². The second-order valence-electron chi connectivity index (χ2n) is 5.85. The van der Waals surface area contributed by atoms with Crippen LogP contribution in [0, 0.1) is 0 Å². The van der Waals surface area contributed by atoms with Crippen LogP contribution in [0.5, 0.6) is 0 Å². The van der Waals surface area contributed by atoms with Crippen LogP contribution in [0.1, 0.15) is 18.2 Å². The molecule has 2 aromatic heterocycles. The van der Waals surface area contributed by atoms with Crippen molar-refractivity contribution >= 4 is 5.91 Å². The summed E-state index contributed by atoms with van der Waals surface area (Å²) < 4.78 is 13.5. The largest absolute Gasteiger partial charge is 0.372 e. The average Bonchev–Trinajstić information content (AvgIpc) is 2.96. The summed E-state index contributed by atoms with van der Waals surface area (Å²) in [6.45, 7) is 4.96. The molecule has 6 nitrogen and oxygen atoms in total. The monoisotopic (exact) mass is 329 g/mol. The first-order valence-electron chi connectivity index (χ1n) is 8.26. The van der Waals surface area contributed by atoms with Gasteiger partial charge in [-0.25, -0.2) is 0 Å². The van der Waals surface area contributed by atoms with Crippen LogP contribution in [0.15, 0.2) is 42.9 Å². The van der Waals surface area contributed by atoms with E-state index in [4.69, 9.17) is 9.47 Å². The fraction of sp³-hybridized carbons (Fsp3) is 0.444. The van der Waals surface area contributed by atoms with E-state index < -0.39 is 0 Å². The minimum atomic E-state index is -0.0580. The van der Waals surface area contributed by atoms with E-state index in [0.717, 1.165) is 17.8 Å². The maximum Gasteiger partial charge on any atom is 0.249 e. The highest BCUT2D eigenvalue weighted by Crippen LogP contribution is 2.16. The highest BCUT2D eigenvalue weighted by Gasteiger charge is 2.25. The standard InChI is InChI=1S/C18H23N3O3/c1-2-23-14-18(22)21-10-16-4-3-9-20(16)11-17(12-21)24-13-15-5-7-19-8-6-15/h3-9,17H,2,10-14H2,1H3. The second kappa shape index (κ2) is 8.08. The SMILES string of the molecule is CCOCC(=O)N1Cc2cccn2CC(OCc2ccncc2)C1. The number of ether oxygens (including phenoxy) is 2. The van der Waals surface area contributed by atoms with Gasteiger partial charge in [0.2, 0.25) is 5.91 Å². The van der Waals surface area contributed by atoms with Crippen LogP contribution in [0.3, 0.4) is 0 Å². The van der Waals surface area contributed by atoms with Crippen molar-refractivity contribution in [1.82, 2.24) is 14.5 Å². The minimum absolute atomic E-state index is 0.00371. The first kappa shape index (κ1) is 16.7. The molecule has 3 rings (SSSR count). The predicted molar refractivity (Wildman–Crippen MR) is 89.2 cm³/mol. The molecule has 0 fully saturated rings. The lowest BCUT2D eigenvalue weighted by atomic mass is 10.2. The number of pyridine rings is 1. The summed E-state index contributed by atoms with van der Waals surface area (Å²) in [4.78, 5) is 18.2. The van der Waals surface area contributed by atoms with Gasteiger partial charge in [-0.2, -0.15) is 0 Å². The number of rotatable bonds is 6. The van der Waals surface area contributed by atoms with Crippen molar-refractivity contribution < 1.29 is 14.3 Å². The number of amides is 1. The topological polar surface area (TPSA) is 56.6 Å². The molecule has 0 aromatic carbocycles. The summed E-state index contributed by atoms with van der Waals surface area (Å²) in [6.07, 6.45) is 5.49. The first-order valence-corrected chi connectivity index (χ1v) is 8.26. The third kappa shape index (κ3) is 4.21. The summed E-state index contributed by atoms with van der Waals surface area (Å²) in [5.74, 6) is 0.00371. The Morgan fingerprint density at radius 3 is 2.92 bits per heavy atom. The number of carbonyl (C=O) groups excluding carboxylic acids is 1. The minimum Gasteiger partial charge on any atom is -0.372 e. The summed E-state index contributed by atoms with van der Waals surface area (Å²) >= 11 is 0. The zero-order valence-corrected chi connectivity index (χ0v) is 13.9. The van der Waals surface area contributed by atoms with Crippen LogP contribution in [-0.4, -0.2) is 46.2 Å². The van der Waals surface area contributed by atoms with E-state index in [1.165, 1.54) is 0 Å². The van der Waals surface area contributed by atoms with E-state index in [-0.39, 0.29) is 18.6 Å². The van der Waals surface area contributed by atoms with E-state index in [1.807, 2.05) is 42.3 Å². The van der Waals surface area contributed by atoms with Gasteiger partial charge in [-0.1, -0.05) is 0 Å². The van der Waals surface area contributed by atoms with Crippen molar-refractivity contribution in [2.45, 2.75) is 32.7 Å². The molecule has 0 aliphatic carbocycles. The average molecular weight is 329 g/mol. The molecule has 128 valence electrons. The van der Waals surface area contributed by atoms with Crippen molar-refractivity contribution in [2.24, 2.45) is 0 Å². The number of aromatic nitrogens is 2. The molecule has 0 saturated heterocycles. The van der Waals surface area contributed by atoms with E-state index in [9.17, 15) is 4.79 Å². The maximum absolute atomic E-state index is 12.4. The predicted octanol–water partition coefficient (Wildman–Crippen LogP) is 1.85. The summed E-state index contributed by atoms with van der Waals surface area (Å²) in [6, 6.07) is 7.93. The van der Waals surface area contributed by atoms with Crippen LogP contribution in [0.4, 0.5) is 0 Å². The van der Waals surface area contributed by atoms with E-state index in [1.54, 1.807) is 12.4 Å². The zero-order chi connectivity index (χ0) is 16.8. The Balaban J connectivity index is 1.68. The lowest BCUT2D eigenvalue weighted by Gasteiger charge is -2.24.